The molecule has 0 saturated carbocycles. The van der Waals surface area contributed by atoms with Crippen molar-refractivity contribution in [3.05, 3.63) is 196 Å². The molecule has 0 saturated heterocycles. The SMILES string of the molecule is [2H]c1cc(-c2c([2H])c(C(C)(C)C)c([2H])c([2H])c2N2c3c([2H])c(C(C)(C)C)c([2H])c4c3B(c3c(cc5c(oc6c(C(C)(C)C)c([2H])c(C(C)(C)C)c([2H])c65)c3[2H])N4c3c([2H])c([2H])c(C(C)(C)C)c([2H])c3-c3c([2H])c([2H])c([2H])c([2H])c3[2H])c3c2c([2H])c2c(sc4c(C(C)(C)C)c([2H])c(C(C)(C)C)c([2H])c42)c3[2H])c([2H])c([2H])c1[2H]. The van der Waals surface area contributed by atoms with Crippen molar-refractivity contribution < 1.29 is 37.3 Å². The van der Waals surface area contributed by atoms with Crippen LogP contribution in [0.1, 0.15) is 217 Å². The molecular formula is C82H89BN2OS. The maximum Gasteiger partial charge on any atom is 0.252 e. The fraction of sp³-hybridized carbons (Fsp3) is 0.341. The van der Waals surface area contributed by atoms with Gasteiger partial charge in [0, 0.05) is 70.4 Å². The normalized spacial score (nSPS) is 18.1. The minimum atomic E-state index is -1.75. The Kier molecular flexibility index (Phi) is 8.29. The van der Waals surface area contributed by atoms with E-state index in [1.165, 1.54) is 9.80 Å². The summed E-state index contributed by atoms with van der Waals surface area (Å²) >= 11 is 1.05. The van der Waals surface area contributed by atoms with Crippen molar-refractivity contribution in [3.63, 3.8) is 0 Å². The predicted molar refractivity (Wildman–Crippen MR) is 382 cm³/mol. The van der Waals surface area contributed by atoms with E-state index in [4.69, 9.17) is 7.16 Å². The minimum absolute atomic E-state index is 0.000413. The maximum atomic E-state index is 11.5. The van der Waals surface area contributed by atoms with E-state index < -0.39 is 182 Å². The third-order valence-corrected chi connectivity index (χ3v) is 17.6. The molecule has 0 amide bonds. The lowest BCUT2D eigenvalue weighted by Crippen LogP contribution is -2.61. The smallest absolute Gasteiger partial charge is 0.252 e. The quantitative estimate of drug-likeness (QED) is 0.164. The Morgan fingerprint density at radius 1 is 0.379 bits per heavy atom. The molecule has 0 aliphatic carbocycles. The van der Waals surface area contributed by atoms with E-state index in [-0.39, 0.29) is 135 Å². The molecule has 2 aliphatic rings. The van der Waals surface area contributed by atoms with E-state index in [2.05, 4.69) is 0 Å². The summed E-state index contributed by atoms with van der Waals surface area (Å²) in [6, 6.07) is -10.3. The highest BCUT2D eigenvalue weighted by atomic mass is 32.1. The van der Waals surface area contributed by atoms with Crippen LogP contribution in [0.3, 0.4) is 0 Å². The molecule has 2 aromatic heterocycles. The lowest BCUT2D eigenvalue weighted by atomic mass is 9.33. The lowest BCUT2D eigenvalue weighted by Gasteiger charge is -2.46. The van der Waals surface area contributed by atoms with Crippen molar-refractivity contribution in [1.82, 2.24) is 0 Å². The van der Waals surface area contributed by atoms with Crippen molar-refractivity contribution in [2.24, 2.45) is 0 Å². The van der Waals surface area contributed by atoms with Gasteiger partial charge < -0.3 is 14.2 Å². The van der Waals surface area contributed by atoms with Gasteiger partial charge in [-0.15, -0.1) is 11.3 Å². The van der Waals surface area contributed by atoms with Gasteiger partial charge in [0.2, 0.25) is 0 Å². The van der Waals surface area contributed by atoms with Gasteiger partial charge in [-0.05, 0) is 171 Å². The highest BCUT2D eigenvalue weighted by Crippen LogP contribution is 2.54. The molecular weight excluding hydrogens is 1070 g/mol. The van der Waals surface area contributed by atoms with E-state index in [1.807, 2.05) is 83.1 Å². The molecule has 2 aliphatic heterocycles. The summed E-state index contributed by atoms with van der Waals surface area (Å²) in [5.74, 6) is 0. The van der Waals surface area contributed by atoms with Crippen molar-refractivity contribution in [1.29, 1.82) is 0 Å². The summed E-state index contributed by atoms with van der Waals surface area (Å²) in [7, 11) is 0. The zero-order chi connectivity index (χ0) is 83.1. The van der Waals surface area contributed by atoms with Crippen LogP contribution in [0.5, 0.6) is 0 Å². The summed E-state index contributed by atoms with van der Waals surface area (Å²) in [4.78, 5) is 2.59. The fourth-order valence-electron chi connectivity index (χ4n) is 11.6. The maximum absolute atomic E-state index is 11.5. The van der Waals surface area contributed by atoms with Gasteiger partial charge in [-0.1, -0.05) is 230 Å². The van der Waals surface area contributed by atoms with E-state index in [9.17, 15) is 30.2 Å². The van der Waals surface area contributed by atoms with Crippen LogP contribution in [0.4, 0.5) is 34.1 Å². The molecule has 4 heterocycles. The first kappa shape index (κ1) is 36.8. The van der Waals surface area contributed by atoms with Crippen LogP contribution in [-0.2, 0) is 37.9 Å². The second-order valence-corrected chi connectivity index (χ2v) is 31.8. The largest absolute Gasteiger partial charge is 0.456 e. The summed E-state index contributed by atoms with van der Waals surface area (Å²) in [5.41, 5.74) is -10.9. The van der Waals surface area contributed by atoms with Crippen LogP contribution < -0.4 is 26.2 Å². The average Bonchev–Trinajstić information content (AvgIpc) is 1.63. The zero-order valence-corrected chi connectivity index (χ0v) is 54.8. The fourth-order valence-corrected chi connectivity index (χ4v) is 13.0. The third-order valence-electron chi connectivity index (χ3n) is 16.5. The molecule has 0 fully saturated rings. The van der Waals surface area contributed by atoms with E-state index in [1.54, 1.807) is 68.4 Å². The summed E-state index contributed by atoms with van der Waals surface area (Å²) in [6.45, 7) is 36.2. The predicted octanol–water partition coefficient (Wildman–Crippen LogP) is 22.5. The Morgan fingerprint density at radius 2 is 0.862 bits per heavy atom. The number of anilines is 6. The van der Waals surface area contributed by atoms with E-state index in [0.29, 0.717) is 27.0 Å². The molecule has 87 heavy (non-hydrogen) atoms. The van der Waals surface area contributed by atoms with E-state index in [0.717, 1.165) is 17.4 Å². The lowest BCUT2D eigenvalue weighted by molar-refractivity contribution is 0.559. The second kappa shape index (κ2) is 19.6. The number of hydrogen-bond donors (Lipinski definition) is 0. The first-order valence-corrected chi connectivity index (χ1v) is 30.7. The summed E-state index contributed by atoms with van der Waals surface area (Å²) < 4.78 is 253. The topological polar surface area (TPSA) is 19.6 Å². The summed E-state index contributed by atoms with van der Waals surface area (Å²) in [6.07, 6.45) is 0. The van der Waals surface area contributed by atoms with Crippen LogP contribution in [0.15, 0.2) is 162 Å². The molecule has 0 unspecified atom stereocenters. The van der Waals surface area contributed by atoms with Crippen molar-refractivity contribution in [3.8, 4) is 22.3 Å². The van der Waals surface area contributed by atoms with Crippen molar-refractivity contribution >= 4 is 111 Å². The molecule has 0 spiro atoms. The first-order valence-electron chi connectivity index (χ1n) is 41.9. The third kappa shape index (κ3) is 9.85. The number of furan rings is 1. The molecule has 0 radical (unpaired) electrons. The van der Waals surface area contributed by atoms with Gasteiger partial charge in [0.05, 0.1) is 44.3 Å². The van der Waals surface area contributed by atoms with Gasteiger partial charge in [-0.2, -0.15) is 0 Å². The molecule has 0 N–H and O–H groups in total. The molecule has 0 atom stereocenters. The number of nitrogens with zero attached hydrogens (tertiary/aromatic N) is 2. The number of fused-ring (bicyclic) bond motifs is 10. The van der Waals surface area contributed by atoms with Crippen LogP contribution >= 0.6 is 11.3 Å². The monoisotopic (exact) mass is 1180 g/mol. The molecule has 11 aromatic rings. The zero-order valence-electron chi connectivity index (χ0n) is 77.9. The Balaban J connectivity index is 1.43. The van der Waals surface area contributed by atoms with Gasteiger partial charge in [0.15, 0.2) is 0 Å². The molecule has 3 nitrogen and oxygen atoms in total. The van der Waals surface area contributed by atoms with Crippen LogP contribution in [-0.4, -0.2) is 6.71 Å². The number of thiophene rings is 1. The van der Waals surface area contributed by atoms with Gasteiger partial charge in [-0.3, -0.25) is 0 Å². The van der Waals surface area contributed by atoms with Gasteiger partial charge in [0.1, 0.15) is 11.2 Å². The van der Waals surface area contributed by atoms with E-state index >= 15 is 0 Å². The van der Waals surface area contributed by atoms with Gasteiger partial charge in [0.25, 0.3) is 6.71 Å². The highest BCUT2D eigenvalue weighted by Gasteiger charge is 2.46. The second-order valence-electron chi connectivity index (χ2n) is 30.8. The molecule has 0 bridgehead atoms. The number of benzene rings is 9. The summed E-state index contributed by atoms with van der Waals surface area (Å²) in [5, 5.41) is 0.394. The highest BCUT2D eigenvalue weighted by molar-refractivity contribution is 7.26. The Labute approximate surface area is 557 Å². The Hall–Kier alpha value is -7.34. The first-order chi connectivity index (χ1) is 50.6. The average molecular weight is 1190 g/mol. The minimum Gasteiger partial charge on any atom is -0.456 e. The van der Waals surface area contributed by atoms with Gasteiger partial charge in [-0.25, -0.2) is 0 Å². The van der Waals surface area contributed by atoms with Crippen LogP contribution in [0.25, 0.3) is 64.4 Å². The molecule has 9 aromatic carbocycles. The standard InChI is InChI=1S/C82H89BN2OS/c1-76(2,3)50-32-34-65(55(36-50)48-28-24-22-25-29-48)84-67-44-57-59-38-52(78(7,8)9)40-61(81(16,17)18)74(59)86-71(57)46-63(67)83-64-47-72-58(60-39-53(79(10,11)12)41-62(75(60)87-72)82(19,20)21)45-68(64)85(70-43-54(80(13,14)15)42-69(84)73(70)83)66-35-33-51(77(4,5)6)37-56(66)49-30-26-23-27-31-49/h22-47H,1-21H3/i22D,23D,24D,25D,26D,27D,28D,29D,30D,32D,33D,34D,35D,36D,37D,38D,39D,40D,41D,42D,43D,45D,46D,47D. The molecule has 5 heteroatoms. The van der Waals surface area contributed by atoms with Crippen LogP contribution in [0.2, 0.25) is 0 Å². The van der Waals surface area contributed by atoms with Crippen molar-refractivity contribution in [2.45, 2.75) is 183 Å². The van der Waals surface area contributed by atoms with Gasteiger partial charge >= 0.3 is 0 Å². The van der Waals surface area contributed by atoms with Crippen LogP contribution in [0, 0.1) is 0 Å². The number of rotatable bonds is 4. The Bertz CT molecular complexity index is 6050. The molecule has 13 rings (SSSR count). The molecule has 442 valence electrons. The Morgan fingerprint density at radius 3 is 1.41 bits per heavy atom. The number of hydrogen-bond acceptors (Lipinski definition) is 4. The van der Waals surface area contributed by atoms with Crippen molar-refractivity contribution in [2.75, 3.05) is 9.80 Å².